The highest BCUT2D eigenvalue weighted by molar-refractivity contribution is 9.10. The molecule has 2 heterocycles. The summed E-state index contributed by atoms with van der Waals surface area (Å²) in [5.74, 6) is -0.177. The number of sulfone groups is 1. The lowest BCUT2D eigenvalue weighted by molar-refractivity contribution is 0.245. The van der Waals surface area contributed by atoms with Crippen molar-refractivity contribution in [3.63, 3.8) is 0 Å². The molecule has 0 amide bonds. The third kappa shape index (κ3) is 3.25. The number of aliphatic hydroxyl groups excluding tert-OH is 1. The number of halogens is 1. The number of sulfonamides is 1. The molecule has 0 bridgehead atoms. The molecule has 1 aromatic rings. The summed E-state index contributed by atoms with van der Waals surface area (Å²) in [5, 5.41) is 8.94. The molecule has 1 aliphatic rings. The summed E-state index contributed by atoms with van der Waals surface area (Å²) in [7, 11) is -7.16. The standard InChI is InChI=1S/C10H14BrNO6S2/c1-10(2-3-19(14,15)6-10)12-20(16,17)8-4-7(5-13)18-9(8)11/h4,12-13H,2-3,5-6H2,1H3. The minimum absolute atomic E-state index is 0.0292. The monoisotopic (exact) mass is 387 g/mol. The fourth-order valence-corrected chi connectivity index (χ4v) is 6.75. The lowest BCUT2D eigenvalue weighted by atomic mass is 10.0. The smallest absolute Gasteiger partial charge is 0.245 e. The molecule has 2 rings (SSSR count). The van der Waals surface area contributed by atoms with Crippen molar-refractivity contribution in [3.8, 4) is 0 Å². The van der Waals surface area contributed by atoms with E-state index in [2.05, 4.69) is 20.7 Å². The number of furan rings is 1. The van der Waals surface area contributed by atoms with Crippen molar-refractivity contribution in [1.29, 1.82) is 0 Å². The van der Waals surface area contributed by atoms with Crippen LogP contribution in [0, 0.1) is 0 Å². The topological polar surface area (TPSA) is 114 Å². The van der Waals surface area contributed by atoms with E-state index in [1.165, 1.54) is 6.07 Å². The van der Waals surface area contributed by atoms with Crippen molar-refractivity contribution in [2.45, 2.75) is 30.4 Å². The van der Waals surface area contributed by atoms with Crippen LogP contribution < -0.4 is 4.72 Å². The van der Waals surface area contributed by atoms with Crippen LogP contribution >= 0.6 is 15.9 Å². The molecule has 7 nitrogen and oxygen atoms in total. The molecule has 20 heavy (non-hydrogen) atoms. The second kappa shape index (κ2) is 5.09. The van der Waals surface area contributed by atoms with Gasteiger partial charge in [-0.05, 0) is 29.3 Å². The van der Waals surface area contributed by atoms with Crippen LogP contribution in [-0.2, 0) is 26.5 Å². The minimum Gasteiger partial charge on any atom is -0.450 e. The maximum absolute atomic E-state index is 12.3. The first-order chi connectivity index (χ1) is 9.07. The van der Waals surface area contributed by atoms with Crippen molar-refractivity contribution in [3.05, 3.63) is 16.5 Å². The molecular formula is C10H14BrNO6S2. The number of hydrogen-bond donors (Lipinski definition) is 2. The van der Waals surface area contributed by atoms with Gasteiger partial charge >= 0.3 is 0 Å². The number of aliphatic hydroxyl groups is 1. The molecule has 1 fully saturated rings. The maximum Gasteiger partial charge on any atom is 0.245 e. The van der Waals surface area contributed by atoms with E-state index in [9.17, 15) is 16.8 Å². The zero-order chi connectivity index (χ0) is 15.2. The fraction of sp³-hybridized carbons (Fsp3) is 0.600. The number of nitrogens with one attached hydrogen (secondary N) is 1. The summed E-state index contributed by atoms with van der Waals surface area (Å²) in [6.07, 6.45) is 0.219. The second-order valence-electron chi connectivity index (χ2n) is 5.02. The molecule has 1 atom stereocenters. The van der Waals surface area contributed by atoms with E-state index in [0.717, 1.165) is 0 Å². The van der Waals surface area contributed by atoms with E-state index in [0.29, 0.717) is 0 Å². The Bertz CT molecular complexity index is 723. The van der Waals surface area contributed by atoms with Gasteiger partial charge in [-0.3, -0.25) is 0 Å². The number of hydrogen-bond acceptors (Lipinski definition) is 6. The van der Waals surface area contributed by atoms with Gasteiger partial charge in [0.05, 0.1) is 11.5 Å². The predicted octanol–water partition coefficient (Wildman–Crippen LogP) is 0.390. The van der Waals surface area contributed by atoms with E-state index < -0.39 is 32.0 Å². The summed E-state index contributed by atoms with van der Waals surface area (Å²) < 4.78 is 54.9. The van der Waals surface area contributed by atoms with Crippen LogP contribution in [0.4, 0.5) is 0 Å². The molecule has 0 radical (unpaired) electrons. The van der Waals surface area contributed by atoms with Crippen LogP contribution in [-0.4, -0.2) is 39.0 Å². The Balaban J connectivity index is 2.30. The normalized spacial score (nSPS) is 25.9. The first-order valence-electron chi connectivity index (χ1n) is 5.70. The highest BCUT2D eigenvalue weighted by atomic mass is 79.9. The zero-order valence-corrected chi connectivity index (χ0v) is 13.8. The van der Waals surface area contributed by atoms with Crippen LogP contribution in [0.15, 0.2) is 20.0 Å². The first kappa shape index (κ1) is 16.0. The first-order valence-corrected chi connectivity index (χ1v) is 9.80. The Morgan fingerprint density at radius 2 is 2.20 bits per heavy atom. The van der Waals surface area contributed by atoms with E-state index in [1.54, 1.807) is 6.92 Å². The SMILES string of the molecule is CC1(NS(=O)(=O)c2cc(CO)oc2Br)CCS(=O)(=O)C1. The highest BCUT2D eigenvalue weighted by Crippen LogP contribution is 2.30. The van der Waals surface area contributed by atoms with Gasteiger partial charge in [-0.15, -0.1) is 0 Å². The quantitative estimate of drug-likeness (QED) is 0.772. The molecule has 0 aliphatic carbocycles. The molecule has 1 unspecified atom stereocenters. The predicted molar refractivity (Wildman–Crippen MR) is 74.3 cm³/mol. The minimum atomic E-state index is -3.94. The highest BCUT2D eigenvalue weighted by Gasteiger charge is 2.42. The molecule has 2 N–H and O–H groups in total. The summed E-state index contributed by atoms with van der Waals surface area (Å²) in [6, 6.07) is 1.19. The van der Waals surface area contributed by atoms with Crippen molar-refractivity contribution < 1.29 is 26.4 Å². The van der Waals surface area contributed by atoms with Gasteiger partial charge in [0.25, 0.3) is 0 Å². The molecule has 0 spiro atoms. The average molecular weight is 388 g/mol. The lowest BCUT2D eigenvalue weighted by Gasteiger charge is -2.23. The van der Waals surface area contributed by atoms with Crippen LogP contribution in [0.2, 0.25) is 0 Å². The maximum atomic E-state index is 12.3. The average Bonchev–Trinajstić information content (AvgIpc) is 2.79. The van der Waals surface area contributed by atoms with Gasteiger partial charge < -0.3 is 9.52 Å². The third-order valence-corrected chi connectivity index (χ3v) is 7.43. The summed E-state index contributed by atoms with van der Waals surface area (Å²) >= 11 is 2.97. The largest absolute Gasteiger partial charge is 0.450 e. The van der Waals surface area contributed by atoms with Gasteiger partial charge in [0.1, 0.15) is 17.3 Å². The Morgan fingerprint density at radius 1 is 1.55 bits per heavy atom. The molecule has 1 saturated heterocycles. The van der Waals surface area contributed by atoms with E-state index in [1.807, 2.05) is 0 Å². The van der Waals surface area contributed by atoms with Crippen LogP contribution in [0.3, 0.4) is 0 Å². The van der Waals surface area contributed by atoms with Crippen LogP contribution in [0.5, 0.6) is 0 Å². The molecule has 1 aliphatic heterocycles. The van der Waals surface area contributed by atoms with Gasteiger partial charge in [0, 0.05) is 11.6 Å². The molecule has 10 heteroatoms. The Hall–Kier alpha value is -0.420. The van der Waals surface area contributed by atoms with Gasteiger partial charge in [-0.2, -0.15) is 0 Å². The summed E-state index contributed by atoms with van der Waals surface area (Å²) in [6.45, 7) is 1.12. The van der Waals surface area contributed by atoms with Gasteiger partial charge in [0.2, 0.25) is 10.0 Å². The van der Waals surface area contributed by atoms with Crippen molar-refractivity contribution in [2.24, 2.45) is 0 Å². The van der Waals surface area contributed by atoms with Gasteiger partial charge in [-0.1, -0.05) is 0 Å². The molecule has 114 valence electrons. The fourth-order valence-electron chi connectivity index (χ4n) is 2.13. The van der Waals surface area contributed by atoms with E-state index in [4.69, 9.17) is 9.52 Å². The second-order valence-corrected chi connectivity index (χ2v) is 9.57. The Kier molecular flexibility index (Phi) is 4.06. The lowest BCUT2D eigenvalue weighted by Crippen LogP contribution is -2.46. The van der Waals surface area contributed by atoms with Crippen molar-refractivity contribution >= 4 is 35.8 Å². The molecular weight excluding hydrogens is 374 g/mol. The van der Waals surface area contributed by atoms with E-state index in [-0.39, 0.29) is 33.3 Å². The summed E-state index contributed by atoms with van der Waals surface area (Å²) in [4.78, 5) is -0.160. The third-order valence-electron chi connectivity index (χ3n) is 3.04. The summed E-state index contributed by atoms with van der Waals surface area (Å²) in [5.41, 5.74) is -1.03. The zero-order valence-electron chi connectivity index (χ0n) is 10.6. The van der Waals surface area contributed by atoms with E-state index >= 15 is 0 Å². The molecule has 1 aromatic heterocycles. The van der Waals surface area contributed by atoms with Gasteiger partial charge in [0.15, 0.2) is 14.5 Å². The number of rotatable bonds is 4. The molecule has 0 saturated carbocycles. The Labute approximate surface area is 125 Å². The van der Waals surface area contributed by atoms with Gasteiger partial charge in [-0.25, -0.2) is 21.6 Å². The van der Waals surface area contributed by atoms with Crippen LogP contribution in [0.1, 0.15) is 19.1 Å². The molecule has 0 aromatic carbocycles. The Morgan fingerprint density at radius 3 is 2.65 bits per heavy atom. The van der Waals surface area contributed by atoms with Crippen molar-refractivity contribution in [1.82, 2.24) is 4.72 Å². The van der Waals surface area contributed by atoms with Crippen LogP contribution in [0.25, 0.3) is 0 Å². The van der Waals surface area contributed by atoms with Crippen molar-refractivity contribution in [2.75, 3.05) is 11.5 Å².